The summed E-state index contributed by atoms with van der Waals surface area (Å²) >= 11 is 0. The fourth-order valence-electron chi connectivity index (χ4n) is 3.96. The zero-order valence-corrected chi connectivity index (χ0v) is 23.3. The van der Waals surface area contributed by atoms with Crippen molar-refractivity contribution >= 4 is 27.5 Å². The SMILES string of the molecule is CCNC(=O)C(C)N(Cc1ccc(OC)cc1)C(=O)CN(c1ccc(C)c(C)c1)S(=O)(=O)c1ccccc1. The third kappa shape index (κ3) is 6.72. The maximum absolute atomic E-state index is 13.8. The van der Waals surface area contributed by atoms with Crippen LogP contribution in [-0.2, 0) is 26.2 Å². The zero-order valence-electron chi connectivity index (χ0n) is 22.5. The standard InChI is InChI=1S/C29H35N3O5S/c1-6-30-29(34)23(4)31(19-24-13-16-26(37-5)17-14-24)28(33)20-32(25-15-12-21(2)22(3)18-25)38(35,36)27-10-8-7-9-11-27/h7-18,23H,6,19-20H2,1-5H3,(H,30,34). The molecule has 1 unspecified atom stereocenters. The molecule has 3 aromatic rings. The maximum atomic E-state index is 13.8. The van der Waals surface area contributed by atoms with Crippen LogP contribution in [0.15, 0.2) is 77.7 Å². The molecule has 0 heterocycles. The molecule has 2 amide bonds. The largest absolute Gasteiger partial charge is 0.497 e. The number of carbonyl (C=O) groups is 2. The van der Waals surface area contributed by atoms with E-state index in [1.807, 2.05) is 32.0 Å². The van der Waals surface area contributed by atoms with Crippen LogP contribution in [0.5, 0.6) is 5.75 Å². The van der Waals surface area contributed by atoms with E-state index in [1.54, 1.807) is 63.4 Å². The van der Waals surface area contributed by atoms with E-state index < -0.39 is 28.5 Å². The van der Waals surface area contributed by atoms with Gasteiger partial charge in [0.15, 0.2) is 0 Å². The first-order valence-electron chi connectivity index (χ1n) is 12.4. The van der Waals surface area contributed by atoms with Crippen LogP contribution < -0.4 is 14.4 Å². The van der Waals surface area contributed by atoms with E-state index in [4.69, 9.17) is 4.74 Å². The minimum atomic E-state index is -4.08. The number of nitrogens with one attached hydrogen (secondary N) is 1. The van der Waals surface area contributed by atoms with Gasteiger partial charge >= 0.3 is 0 Å². The van der Waals surface area contributed by atoms with Gasteiger partial charge in [0.25, 0.3) is 10.0 Å². The summed E-state index contributed by atoms with van der Waals surface area (Å²) in [6.45, 7) is 7.32. The Bertz CT molecular complexity index is 1360. The average molecular weight is 538 g/mol. The van der Waals surface area contributed by atoms with Crippen LogP contribution in [0.2, 0.25) is 0 Å². The summed E-state index contributed by atoms with van der Waals surface area (Å²) in [6, 6.07) is 19.6. The van der Waals surface area contributed by atoms with Crippen LogP contribution in [-0.4, -0.2) is 51.4 Å². The van der Waals surface area contributed by atoms with E-state index in [0.717, 1.165) is 21.0 Å². The topological polar surface area (TPSA) is 96.0 Å². The van der Waals surface area contributed by atoms with Gasteiger partial charge in [-0.1, -0.05) is 36.4 Å². The van der Waals surface area contributed by atoms with Gasteiger partial charge in [0.2, 0.25) is 11.8 Å². The monoisotopic (exact) mass is 537 g/mol. The Hall–Kier alpha value is -3.85. The molecule has 202 valence electrons. The summed E-state index contributed by atoms with van der Waals surface area (Å²) in [5.41, 5.74) is 3.05. The third-order valence-electron chi connectivity index (χ3n) is 6.42. The van der Waals surface area contributed by atoms with E-state index in [2.05, 4.69) is 5.32 Å². The lowest BCUT2D eigenvalue weighted by Gasteiger charge is -2.32. The summed E-state index contributed by atoms with van der Waals surface area (Å²) < 4.78 is 33.9. The fraction of sp³-hybridized carbons (Fsp3) is 0.310. The predicted octanol–water partition coefficient (Wildman–Crippen LogP) is 4.06. The van der Waals surface area contributed by atoms with Crippen LogP contribution in [0.3, 0.4) is 0 Å². The number of methoxy groups -OCH3 is 1. The lowest BCUT2D eigenvalue weighted by atomic mass is 10.1. The van der Waals surface area contributed by atoms with E-state index in [-0.39, 0.29) is 17.3 Å². The minimum absolute atomic E-state index is 0.0736. The number of rotatable bonds is 11. The van der Waals surface area contributed by atoms with Gasteiger partial charge in [-0.05, 0) is 80.8 Å². The molecule has 0 aliphatic carbocycles. The van der Waals surface area contributed by atoms with Crippen LogP contribution in [0.1, 0.15) is 30.5 Å². The van der Waals surface area contributed by atoms with Gasteiger partial charge in [0.05, 0.1) is 17.7 Å². The molecule has 8 nitrogen and oxygen atoms in total. The molecule has 1 atom stereocenters. The summed E-state index contributed by atoms with van der Waals surface area (Å²) in [4.78, 5) is 28.1. The Morgan fingerprint density at radius 1 is 0.947 bits per heavy atom. The Kier molecular flexibility index (Phi) is 9.52. The number of benzene rings is 3. The molecule has 1 N–H and O–H groups in total. The van der Waals surface area contributed by atoms with Crippen LogP contribution in [0, 0.1) is 13.8 Å². The molecular weight excluding hydrogens is 502 g/mol. The number of hydrogen-bond acceptors (Lipinski definition) is 5. The molecule has 3 aromatic carbocycles. The number of amides is 2. The summed E-state index contributed by atoms with van der Waals surface area (Å²) in [5, 5.41) is 2.75. The van der Waals surface area contributed by atoms with Gasteiger partial charge < -0.3 is 15.0 Å². The summed E-state index contributed by atoms with van der Waals surface area (Å²) in [6.07, 6.45) is 0. The molecule has 0 aromatic heterocycles. The molecule has 0 aliphatic heterocycles. The highest BCUT2D eigenvalue weighted by atomic mass is 32.2. The smallest absolute Gasteiger partial charge is 0.264 e. The number of anilines is 1. The maximum Gasteiger partial charge on any atom is 0.264 e. The Labute approximate surface area is 225 Å². The second kappa shape index (κ2) is 12.6. The van der Waals surface area contributed by atoms with Crippen molar-refractivity contribution in [1.29, 1.82) is 0 Å². The fourth-order valence-corrected chi connectivity index (χ4v) is 5.39. The predicted molar refractivity (Wildman–Crippen MR) is 149 cm³/mol. The van der Waals surface area contributed by atoms with E-state index in [1.165, 1.54) is 17.0 Å². The first kappa shape index (κ1) is 28.7. The molecule has 3 rings (SSSR count). The zero-order chi connectivity index (χ0) is 27.9. The van der Waals surface area contributed by atoms with Crippen molar-refractivity contribution in [3.63, 3.8) is 0 Å². The molecule has 9 heteroatoms. The van der Waals surface area contributed by atoms with E-state index in [0.29, 0.717) is 18.0 Å². The first-order valence-corrected chi connectivity index (χ1v) is 13.9. The lowest BCUT2D eigenvalue weighted by molar-refractivity contribution is -0.139. The van der Waals surface area contributed by atoms with Crippen molar-refractivity contribution < 1.29 is 22.7 Å². The van der Waals surface area contributed by atoms with Crippen molar-refractivity contribution in [1.82, 2.24) is 10.2 Å². The second-order valence-electron chi connectivity index (χ2n) is 9.03. The van der Waals surface area contributed by atoms with Crippen LogP contribution in [0.25, 0.3) is 0 Å². The van der Waals surface area contributed by atoms with Gasteiger partial charge in [0.1, 0.15) is 18.3 Å². The number of sulfonamides is 1. The lowest BCUT2D eigenvalue weighted by Crippen LogP contribution is -2.51. The minimum Gasteiger partial charge on any atom is -0.497 e. The van der Waals surface area contributed by atoms with Crippen molar-refractivity contribution in [3.05, 3.63) is 89.5 Å². The number of likely N-dealkylation sites (N-methyl/N-ethyl adjacent to an activating group) is 1. The molecular formula is C29H35N3O5S. The van der Waals surface area contributed by atoms with Gasteiger partial charge in [-0.2, -0.15) is 0 Å². The van der Waals surface area contributed by atoms with Crippen molar-refractivity contribution in [2.45, 2.75) is 45.2 Å². The van der Waals surface area contributed by atoms with Crippen LogP contribution >= 0.6 is 0 Å². The van der Waals surface area contributed by atoms with Gasteiger partial charge in [-0.25, -0.2) is 8.42 Å². The number of ether oxygens (including phenoxy) is 1. The highest BCUT2D eigenvalue weighted by Gasteiger charge is 2.32. The Morgan fingerprint density at radius 2 is 1.61 bits per heavy atom. The first-order chi connectivity index (χ1) is 18.1. The molecule has 0 radical (unpaired) electrons. The highest BCUT2D eigenvalue weighted by Crippen LogP contribution is 2.26. The Balaban J connectivity index is 2.03. The second-order valence-corrected chi connectivity index (χ2v) is 10.9. The Morgan fingerprint density at radius 3 is 2.18 bits per heavy atom. The molecule has 0 spiro atoms. The molecule has 0 bridgehead atoms. The molecule has 0 aliphatic rings. The average Bonchev–Trinajstić information content (AvgIpc) is 2.92. The third-order valence-corrected chi connectivity index (χ3v) is 8.21. The molecule has 0 fully saturated rings. The molecule has 0 saturated heterocycles. The number of aryl methyl sites for hydroxylation is 2. The number of hydrogen-bond donors (Lipinski definition) is 1. The van der Waals surface area contributed by atoms with Crippen molar-refractivity contribution in [2.24, 2.45) is 0 Å². The van der Waals surface area contributed by atoms with Crippen LogP contribution in [0.4, 0.5) is 5.69 Å². The molecule has 38 heavy (non-hydrogen) atoms. The molecule has 0 saturated carbocycles. The van der Waals surface area contributed by atoms with Crippen molar-refractivity contribution in [2.75, 3.05) is 24.5 Å². The highest BCUT2D eigenvalue weighted by molar-refractivity contribution is 7.92. The van der Waals surface area contributed by atoms with Gasteiger partial charge in [-0.3, -0.25) is 13.9 Å². The quantitative estimate of drug-likeness (QED) is 0.398. The van der Waals surface area contributed by atoms with E-state index >= 15 is 0 Å². The number of nitrogens with zero attached hydrogens (tertiary/aromatic N) is 2. The summed E-state index contributed by atoms with van der Waals surface area (Å²) in [5.74, 6) is -0.159. The number of carbonyl (C=O) groups excluding carboxylic acids is 2. The normalized spacial score (nSPS) is 11.9. The van der Waals surface area contributed by atoms with Gasteiger partial charge in [-0.15, -0.1) is 0 Å². The van der Waals surface area contributed by atoms with Crippen molar-refractivity contribution in [3.8, 4) is 5.75 Å². The summed E-state index contributed by atoms with van der Waals surface area (Å²) in [7, 11) is -2.52. The van der Waals surface area contributed by atoms with E-state index in [9.17, 15) is 18.0 Å². The van der Waals surface area contributed by atoms with Gasteiger partial charge in [0, 0.05) is 13.1 Å².